The maximum Gasteiger partial charge on any atom is 0.0223 e. The van der Waals surface area contributed by atoms with Crippen LogP contribution in [0.4, 0.5) is 0 Å². The van der Waals surface area contributed by atoms with Crippen molar-refractivity contribution < 1.29 is 0 Å². The number of rotatable bonds is 6. The predicted molar refractivity (Wildman–Crippen MR) is 76.4 cm³/mol. The van der Waals surface area contributed by atoms with Gasteiger partial charge in [-0.3, -0.25) is 4.90 Å². The van der Waals surface area contributed by atoms with Crippen LogP contribution in [0.1, 0.15) is 53.9 Å². The Morgan fingerprint density at radius 1 is 1.24 bits per heavy atom. The SMILES string of the molecule is CCCCN1CC(C(C)C)NCC1CC(C)C. The average Bonchev–Trinajstić information content (AvgIpc) is 2.26. The van der Waals surface area contributed by atoms with Gasteiger partial charge in [-0.25, -0.2) is 0 Å². The van der Waals surface area contributed by atoms with Crippen LogP contribution in [0.2, 0.25) is 0 Å². The first-order chi connectivity index (χ1) is 8.04. The van der Waals surface area contributed by atoms with E-state index in [2.05, 4.69) is 44.8 Å². The second kappa shape index (κ2) is 7.38. The fourth-order valence-electron chi connectivity index (χ4n) is 2.74. The highest BCUT2D eigenvalue weighted by Crippen LogP contribution is 2.18. The van der Waals surface area contributed by atoms with E-state index >= 15 is 0 Å². The van der Waals surface area contributed by atoms with Gasteiger partial charge in [-0.05, 0) is 31.2 Å². The topological polar surface area (TPSA) is 15.3 Å². The van der Waals surface area contributed by atoms with Crippen molar-refractivity contribution in [1.82, 2.24) is 10.2 Å². The maximum atomic E-state index is 3.74. The minimum Gasteiger partial charge on any atom is -0.311 e. The van der Waals surface area contributed by atoms with E-state index in [1.54, 1.807) is 0 Å². The average molecular weight is 240 g/mol. The zero-order valence-electron chi connectivity index (χ0n) is 12.5. The summed E-state index contributed by atoms with van der Waals surface area (Å²) in [5.74, 6) is 1.56. The van der Waals surface area contributed by atoms with E-state index in [0.717, 1.165) is 17.9 Å². The van der Waals surface area contributed by atoms with Crippen molar-refractivity contribution >= 4 is 0 Å². The highest BCUT2D eigenvalue weighted by Gasteiger charge is 2.28. The molecule has 2 nitrogen and oxygen atoms in total. The number of piperazine rings is 1. The molecule has 1 aliphatic heterocycles. The highest BCUT2D eigenvalue weighted by atomic mass is 15.2. The summed E-state index contributed by atoms with van der Waals surface area (Å²) in [4.78, 5) is 2.74. The second-order valence-corrected chi connectivity index (χ2v) is 6.39. The third-order valence-electron chi connectivity index (χ3n) is 3.91. The van der Waals surface area contributed by atoms with Gasteiger partial charge in [-0.2, -0.15) is 0 Å². The lowest BCUT2D eigenvalue weighted by atomic mass is 9.95. The molecule has 1 rings (SSSR count). The van der Waals surface area contributed by atoms with Gasteiger partial charge in [0.05, 0.1) is 0 Å². The quantitative estimate of drug-likeness (QED) is 0.767. The molecule has 17 heavy (non-hydrogen) atoms. The molecule has 1 N–H and O–H groups in total. The molecule has 0 saturated carbocycles. The minimum atomic E-state index is 0.690. The Kier molecular flexibility index (Phi) is 6.50. The Balaban J connectivity index is 2.52. The maximum absolute atomic E-state index is 3.74. The van der Waals surface area contributed by atoms with Gasteiger partial charge in [0.15, 0.2) is 0 Å². The Labute approximate surface area is 108 Å². The molecular formula is C15H32N2. The normalized spacial score (nSPS) is 27.0. The lowest BCUT2D eigenvalue weighted by Crippen LogP contribution is -2.58. The van der Waals surface area contributed by atoms with E-state index in [1.807, 2.05) is 0 Å². The molecule has 1 fully saturated rings. The van der Waals surface area contributed by atoms with Gasteiger partial charge < -0.3 is 5.32 Å². The van der Waals surface area contributed by atoms with Crippen molar-refractivity contribution in [2.75, 3.05) is 19.6 Å². The van der Waals surface area contributed by atoms with E-state index < -0.39 is 0 Å². The fourth-order valence-corrected chi connectivity index (χ4v) is 2.74. The van der Waals surface area contributed by atoms with Gasteiger partial charge >= 0.3 is 0 Å². The molecule has 0 aromatic carbocycles. The van der Waals surface area contributed by atoms with Crippen LogP contribution < -0.4 is 5.32 Å². The number of nitrogens with one attached hydrogen (secondary N) is 1. The van der Waals surface area contributed by atoms with Crippen LogP contribution in [0.3, 0.4) is 0 Å². The van der Waals surface area contributed by atoms with Gasteiger partial charge in [0.1, 0.15) is 0 Å². The summed E-state index contributed by atoms with van der Waals surface area (Å²) in [6.07, 6.45) is 3.99. The molecule has 2 atom stereocenters. The summed E-state index contributed by atoms with van der Waals surface area (Å²) in [5, 5.41) is 3.74. The lowest BCUT2D eigenvalue weighted by Gasteiger charge is -2.42. The molecule has 0 aromatic rings. The van der Waals surface area contributed by atoms with E-state index in [4.69, 9.17) is 0 Å². The number of unbranched alkanes of at least 4 members (excludes halogenated alkanes) is 1. The Morgan fingerprint density at radius 2 is 1.94 bits per heavy atom. The fraction of sp³-hybridized carbons (Fsp3) is 1.00. The van der Waals surface area contributed by atoms with E-state index in [-0.39, 0.29) is 0 Å². The Bertz CT molecular complexity index is 201. The van der Waals surface area contributed by atoms with Crippen LogP contribution in [0.15, 0.2) is 0 Å². The summed E-state index contributed by atoms with van der Waals surface area (Å²) in [6.45, 7) is 15.4. The largest absolute Gasteiger partial charge is 0.311 e. The highest BCUT2D eigenvalue weighted by molar-refractivity contribution is 4.87. The summed E-state index contributed by atoms with van der Waals surface area (Å²) in [5.41, 5.74) is 0. The predicted octanol–water partition coefficient (Wildman–Crippen LogP) is 3.13. The molecular weight excluding hydrogens is 208 g/mol. The van der Waals surface area contributed by atoms with Crippen LogP contribution in [0.5, 0.6) is 0 Å². The van der Waals surface area contributed by atoms with Gasteiger partial charge in [0.25, 0.3) is 0 Å². The first kappa shape index (κ1) is 15.0. The van der Waals surface area contributed by atoms with Gasteiger partial charge in [-0.1, -0.05) is 41.0 Å². The summed E-state index contributed by atoms with van der Waals surface area (Å²) >= 11 is 0. The molecule has 1 aliphatic rings. The summed E-state index contributed by atoms with van der Waals surface area (Å²) in [6, 6.07) is 1.45. The standard InChI is InChI=1S/C15H32N2/c1-6-7-8-17-11-15(13(4)5)16-10-14(17)9-12(2)3/h12-16H,6-11H2,1-5H3. The summed E-state index contributed by atoms with van der Waals surface area (Å²) in [7, 11) is 0. The Hall–Kier alpha value is -0.0800. The van der Waals surface area contributed by atoms with Gasteiger partial charge in [0, 0.05) is 25.2 Å². The van der Waals surface area contributed by atoms with E-state index in [9.17, 15) is 0 Å². The first-order valence-electron chi connectivity index (χ1n) is 7.52. The lowest BCUT2D eigenvalue weighted by molar-refractivity contribution is 0.0979. The number of hydrogen-bond donors (Lipinski definition) is 1. The smallest absolute Gasteiger partial charge is 0.0223 e. The molecule has 2 unspecified atom stereocenters. The molecule has 0 aromatic heterocycles. The van der Waals surface area contributed by atoms with Crippen molar-refractivity contribution in [3.63, 3.8) is 0 Å². The van der Waals surface area contributed by atoms with E-state index in [1.165, 1.54) is 38.9 Å². The molecule has 0 amide bonds. The van der Waals surface area contributed by atoms with Crippen molar-refractivity contribution in [2.45, 2.75) is 66.0 Å². The molecule has 1 heterocycles. The number of hydrogen-bond acceptors (Lipinski definition) is 2. The molecule has 2 heteroatoms. The third-order valence-corrected chi connectivity index (χ3v) is 3.91. The van der Waals surface area contributed by atoms with Crippen LogP contribution >= 0.6 is 0 Å². The zero-order valence-corrected chi connectivity index (χ0v) is 12.5. The van der Waals surface area contributed by atoms with Crippen molar-refractivity contribution in [3.8, 4) is 0 Å². The molecule has 0 radical (unpaired) electrons. The summed E-state index contributed by atoms with van der Waals surface area (Å²) < 4.78 is 0. The van der Waals surface area contributed by atoms with Crippen molar-refractivity contribution in [1.29, 1.82) is 0 Å². The molecule has 0 bridgehead atoms. The first-order valence-corrected chi connectivity index (χ1v) is 7.52. The van der Waals surface area contributed by atoms with Gasteiger partial charge in [0.2, 0.25) is 0 Å². The molecule has 1 saturated heterocycles. The third kappa shape index (κ3) is 4.97. The van der Waals surface area contributed by atoms with Gasteiger partial charge in [-0.15, -0.1) is 0 Å². The van der Waals surface area contributed by atoms with Crippen molar-refractivity contribution in [2.24, 2.45) is 11.8 Å². The molecule has 102 valence electrons. The Morgan fingerprint density at radius 3 is 2.47 bits per heavy atom. The van der Waals surface area contributed by atoms with Crippen LogP contribution in [0.25, 0.3) is 0 Å². The second-order valence-electron chi connectivity index (χ2n) is 6.39. The number of nitrogens with zero attached hydrogens (tertiary/aromatic N) is 1. The van der Waals surface area contributed by atoms with E-state index in [0.29, 0.717) is 6.04 Å². The van der Waals surface area contributed by atoms with Crippen molar-refractivity contribution in [3.05, 3.63) is 0 Å². The zero-order chi connectivity index (χ0) is 12.8. The minimum absolute atomic E-state index is 0.690. The van der Waals surface area contributed by atoms with Crippen LogP contribution in [-0.4, -0.2) is 36.6 Å². The molecule has 0 aliphatic carbocycles. The molecule has 0 spiro atoms. The van der Waals surface area contributed by atoms with Crippen LogP contribution in [0, 0.1) is 11.8 Å². The monoisotopic (exact) mass is 240 g/mol. The van der Waals surface area contributed by atoms with Crippen LogP contribution in [-0.2, 0) is 0 Å².